The first-order valence-corrected chi connectivity index (χ1v) is 14.4. The van der Waals surface area contributed by atoms with Gasteiger partial charge in [-0.2, -0.15) is 0 Å². The number of primary amides is 1. The van der Waals surface area contributed by atoms with Gasteiger partial charge in [0.1, 0.15) is 0 Å². The maximum absolute atomic E-state index is 14.2. The molecule has 0 saturated carbocycles. The van der Waals surface area contributed by atoms with Gasteiger partial charge in [0.25, 0.3) is 0 Å². The average Bonchev–Trinajstić information content (AvgIpc) is 2.78. The lowest BCUT2D eigenvalue weighted by Crippen LogP contribution is -2.58. The van der Waals surface area contributed by atoms with Gasteiger partial charge in [-0.05, 0) is 48.2 Å². The van der Waals surface area contributed by atoms with Crippen LogP contribution in [0.1, 0.15) is 56.2 Å². The van der Waals surface area contributed by atoms with E-state index in [0.717, 1.165) is 17.4 Å². The number of piperidine rings is 1. The van der Waals surface area contributed by atoms with Gasteiger partial charge < -0.3 is 10.6 Å². The Morgan fingerprint density at radius 3 is 2.33 bits per heavy atom. The molecule has 1 heterocycles. The van der Waals surface area contributed by atoms with Gasteiger partial charge in [0.15, 0.2) is 0 Å². The van der Waals surface area contributed by atoms with E-state index >= 15 is 0 Å². The molecule has 0 bridgehead atoms. The number of nitrogens with zero attached hydrogens (tertiary/aromatic N) is 2. The molecule has 36 heavy (non-hydrogen) atoms. The van der Waals surface area contributed by atoms with Gasteiger partial charge in [-0.3, -0.25) is 9.59 Å². The molecular weight excluding hydrogens is 521 g/mol. The fraction of sp³-hybridized carbons (Fsp3) is 0.462. The van der Waals surface area contributed by atoms with Crippen LogP contribution in [0, 0.1) is 5.41 Å². The zero-order chi connectivity index (χ0) is 26.8. The second kappa shape index (κ2) is 11.1. The summed E-state index contributed by atoms with van der Waals surface area (Å²) >= 11 is 12.5. The van der Waals surface area contributed by atoms with E-state index in [-0.39, 0.29) is 24.8 Å². The first-order valence-electron chi connectivity index (χ1n) is 11.8. The molecule has 1 aliphatic rings. The summed E-state index contributed by atoms with van der Waals surface area (Å²) in [6.45, 7) is 3.79. The molecule has 1 aliphatic heterocycles. The average molecular weight is 555 g/mol. The molecule has 0 radical (unpaired) electrons. The first-order chi connectivity index (χ1) is 16.8. The van der Waals surface area contributed by atoms with Crippen molar-refractivity contribution in [3.8, 4) is 0 Å². The molecule has 1 fully saturated rings. The zero-order valence-electron chi connectivity index (χ0n) is 20.9. The highest BCUT2D eigenvalue weighted by molar-refractivity contribution is 7.88. The molecule has 2 aromatic carbocycles. The third kappa shape index (κ3) is 6.22. The molecule has 196 valence electrons. The molecule has 2 aromatic rings. The fourth-order valence-electron chi connectivity index (χ4n) is 5.18. The summed E-state index contributed by atoms with van der Waals surface area (Å²) in [5.41, 5.74) is 6.31. The number of amides is 2. The number of nitrogens with two attached hydrogens (primary N) is 1. The standard InChI is InChI=1S/C26H33Cl2N3O4S/c1-5-21(16-30(3)36(4,34)35)31-24(17-9-11-19(27)12-10-17)22(18-7-6-8-20(28)13-18)14-26(2,25(31)33)15-23(29)32/h6-13,21-22,24H,5,14-16H2,1-4H3,(H2,29,32)/t21-,22+,24+,26+/m0/s1. The molecule has 7 nitrogen and oxygen atoms in total. The number of benzene rings is 2. The number of sulfonamides is 1. The summed E-state index contributed by atoms with van der Waals surface area (Å²) in [5, 5.41) is 1.13. The highest BCUT2D eigenvalue weighted by atomic mass is 35.5. The van der Waals surface area contributed by atoms with Crippen LogP contribution in [0.15, 0.2) is 48.5 Å². The lowest BCUT2D eigenvalue weighted by Gasteiger charge is -2.52. The van der Waals surface area contributed by atoms with E-state index in [1.807, 2.05) is 37.3 Å². The molecule has 3 rings (SSSR count). The van der Waals surface area contributed by atoms with Gasteiger partial charge in [-0.15, -0.1) is 0 Å². The minimum atomic E-state index is -3.48. The van der Waals surface area contributed by atoms with Crippen molar-refractivity contribution in [2.24, 2.45) is 11.1 Å². The van der Waals surface area contributed by atoms with E-state index in [1.165, 1.54) is 11.4 Å². The van der Waals surface area contributed by atoms with Crippen molar-refractivity contribution in [3.63, 3.8) is 0 Å². The molecular formula is C26H33Cl2N3O4S. The van der Waals surface area contributed by atoms with Crippen molar-refractivity contribution in [3.05, 3.63) is 69.7 Å². The smallest absolute Gasteiger partial charge is 0.229 e. The number of hydrogen-bond acceptors (Lipinski definition) is 4. The predicted molar refractivity (Wildman–Crippen MR) is 143 cm³/mol. The van der Waals surface area contributed by atoms with Crippen LogP contribution in [0.2, 0.25) is 10.0 Å². The van der Waals surface area contributed by atoms with Crippen LogP contribution in [0.5, 0.6) is 0 Å². The lowest BCUT2D eigenvalue weighted by molar-refractivity contribution is -0.157. The van der Waals surface area contributed by atoms with Gasteiger partial charge in [-0.1, -0.05) is 61.3 Å². The van der Waals surface area contributed by atoms with Crippen LogP contribution in [0.4, 0.5) is 0 Å². The van der Waals surface area contributed by atoms with Crippen molar-refractivity contribution < 1.29 is 18.0 Å². The van der Waals surface area contributed by atoms with E-state index in [4.69, 9.17) is 28.9 Å². The van der Waals surface area contributed by atoms with E-state index < -0.39 is 33.4 Å². The van der Waals surface area contributed by atoms with Crippen molar-refractivity contribution in [1.82, 2.24) is 9.21 Å². The highest BCUT2D eigenvalue weighted by Crippen LogP contribution is 2.52. The van der Waals surface area contributed by atoms with Crippen LogP contribution in [0.25, 0.3) is 0 Å². The quantitative estimate of drug-likeness (QED) is 0.490. The van der Waals surface area contributed by atoms with Crippen LogP contribution < -0.4 is 5.73 Å². The van der Waals surface area contributed by atoms with E-state index in [1.54, 1.807) is 30.0 Å². The molecule has 0 spiro atoms. The summed E-state index contributed by atoms with van der Waals surface area (Å²) in [6, 6.07) is 13.9. The maximum atomic E-state index is 14.2. The molecule has 0 aliphatic carbocycles. The zero-order valence-corrected chi connectivity index (χ0v) is 23.3. The third-order valence-corrected chi connectivity index (χ3v) is 8.82. The summed E-state index contributed by atoms with van der Waals surface area (Å²) in [4.78, 5) is 28.1. The maximum Gasteiger partial charge on any atom is 0.229 e. The minimum Gasteiger partial charge on any atom is -0.370 e. The molecule has 4 atom stereocenters. The van der Waals surface area contributed by atoms with Crippen LogP contribution in [-0.2, 0) is 19.6 Å². The molecule has 10 heteroatoms. The summed E-state index contributed by atoms with van der Waals surface area (Å²) < 4.78 is 25.8. The summed E-state index contributed by atoms with van der Waals surface area (Å²) in [5.74, 6) is -1.03. The highest BCUT2D eigenvalue weighted by Gasteiger charge is 2.52. The normalized spacial score (nSPS) is 23.6. The van der Waals surface area contributed by atoms with Gasteiger partial charge in [-0.25, -0.2) is 12.7 Å². The fourth-order valence-corrected chi connectivity index (χ4v) is 5.95. The van der Waals surface area contributed by atoms with Gasteiger partial charge in [0.05, 0.1) is 17.7 Å². The number of hydrogen-bond donors (Lipinski definition) is 1. The molecule has 2 N–H and O–H groups in total. The molecule has 0 unspecified atom stereocenters. The number of carbonyl (C=O) groups is 2. The van der Waals surface area contributed by atoms with E-state index in [9.17, 15) is 18.0 Å². The van der Waals surface area contributed by atoms with Crippen LogP contribution in [-0.4, -0.2) is 55.3 Å². The number of rotatable bonds is 9. The second-order valence-corrected chi connectivity index (χ2v) is 12.8. The Morgan fingerprint density at radius 2 is 1.81 bits per heavy atom. The Labute approximate surface area is 223 Å². The Morgan fingerprint density at radius 1 is 1.17 bits per heavy atom. The third-order valence-electron chi connectivity index (χ3n) is 7.05. The van der Waals surface area contributed by atoms with Crippen molar-refractivity contribution in [2.45, 2.75) is 51.1 Å². The Hall–Kier alpha value is -2.13. The van der Waals surface area contributed by atoms with E-state index in [0.29, 0.717) is 22.9 Å². The largest absolute Gasteiger partial charge is 0.370 e. The van der Waals surface area contributed by atoms with Crippen molar-refractivity contribution in [2.75, 3.05) is 19.8 Å². The van der Waals surface area contributed by atoms with Crippen molar-refractivity contribution in [1.29, 1.82) is 0 Å². The molecule has 1 saturated heterocycles. The Balaban J connectivity index is 2.24. The van der Waals surface area contributed by atoms with Crippen LogP contribution >= 0.6 is 23.2 Å². The second-order valence-electron chi connectivity index (χ2n) is 9.88. The van der Waals surface area contributed by atoms with Crippen molar-refractivity contribution >= 4 is 45.0 Å². The lowest BCUT2D eigenvalue weighted by atomic mass is 9.67. The summed E-state index contributed by atoms with van der Waals surface area (Å²) in [6.07, 6.45) is 1.90. The van der Waals surface area contributed by atoms with Crippen LogP contribution in [0.3, 0.4) is 0 Å². The SMILES string of the molecule is CC[C@@H](CN(C)S(C)(=O)=O)N1C(=O)[C@@](C)(CC(N)=O)C[C@H](c2cccc(Cl)c2)[C@H]1c1ccc(Cl)cc1. The van der Waals surface area contributed by atoms with E-state index in [2.05, 4.69) is 0 Å². The Kier molecular flexibility index (Phi) is 8.76. The number of halogens is 2. The minimum absolute atomic E-state index is 0.111. The number of carbonyl (C=O) groups excluding carboxylic acids is 2. The van der Waals surface area contributed by atoms with Gasteiger partial charge >= 0.3 is 0 Å². The number of likely N-dealkylation sites (tertiary alicyclic amines) is 1. The van der Waals surface area contributed by atoms with Gasteiger partial charge in [0.2, 0.25) is 21.8 Å². The number of likely N-dealkylation sites (N-methyl/N-ethyl adjacent to an activating group) is 1. The molecule has 2 amide bonds. The van der Waals surface area contributed by atoms with Gasteiger partial charge in [0, 0.05) is 42.0 Å². The predicted octanol–water partition coefficient (Wildman–Crippen LogP) is 4.60. The molecule has 0 aromatic heterocycles. The Bertz CT molecular complexity index is 1220. The topological polar surface area (TPSA) is 101 Å². The first kappa shape index (κ1) is 28.4. The summed E-state index contributed by atoms with van der Waals surface area (Å²) in [7, 11) is -1.98. The monoisotopic (exact) mass is 553 g/mol.